The molecule has 18 heavy (non-hydrogen) atoms. The number of nitrogens with one attached hydrogen (secondary N) is 1. The minimum absolute atomic E-state index is 0.331. The van der Waals surface area contributed by atoms with Crippen molar-refractivity contribution in [2.24, 2.45) is 0 Å². The molecule has 2 rings (SSSR count). The molecule has 1 unspecified atom stereocenters. The van der Waals surface area contributed by atoms with E-state index >= 15 is 0 Å². The van der Waals surface area contributed by atoms with Gasteiger partial charge in [0.2, 0.25) is 0 Å². The number of nitrogens with zero attached hydrogens (tertiary/aromatic N) is 1. The normalized spacial score (nSPS) is 21.4. The molecule has 0 bridgehead atoms. The molecule has 100 valence electrons. The zero-order valence-electron chi connectivity index (χ0n) is 11.4. The summed E-state index contributed by atoms with van der Waals surface area (Å²) in [6.45, 7) is 3.12. The highest BCUT2D eigenvalue weighted by Gasteiger charge is 2.22. The van der Waals surface area contributed by atoms with Crippen molar-refractivity contribution in [3.8, 4) is 11.5 Å². The van der Waals surface area contributed by atoms with E-state index in [1.165, 1.54) is 12.0 Å². The molecular formula is C14H22N2O2. The summed E-state index contributed by atoms with van der Waals surface area (Å²) in [5.41, 5.74) is 1.19. The fraction of sp³-hybridized carbons (Fsp3) is 0.571. The second kappa shape index (κ2) is 6.07. The van der Waals surface area contributed by atoms with Crippen molar-refractivity contribution in [2.75, 3.05) is 40.9 Å². The molecule has 1 aliphatic heterocycles. The lowest BCUT2D eigenvalue weighted by Crippen LogP contribution is -2.29. The zero-order valence-corrected chi connectivity index (χ0v) is 11.4. The van der Waals surface area contributed by atoms with Gasteiger partial charge in [0.1, 0.15) is 11.5 Å². The van der Waals surface area contributed by atoms with Crippen LogP contribution in [0.1, 0.15) is 18.0 Å². The van der Waals surface area contributed by atoms with Crippen LogP contribution in [0.25, 0.3) is 0 Å². The van der Waals surface area contributed by atoms with Gasteiger partial charge in [0.25, 0.3) is 0 Å². The highest BCUT2D eigenvalue weighted by molar-refractivity contribution is 5.42. The van der Waals surface area contributed by atoms with Crippen molar-refractivity contribution in [2.45, 2.75) is 12.5 Å². The monoisotopic (exact) mass is 250 g/mol. The molecule has 1 heterocycles. The molecule has 4 heteroatoms. The summed E-state index contributed by atoms with van der Waals surface area (Å²) >= 11 is 0. The molecule has 1 saturated heterocycles. The average molecular weight is 250 g/mol. The van der Waals surface area contributed by atoms with Gasteiger partial charge in [-0.15, -0.1) is 0 Å². The van der Waals surface area contributed by atoms with Gasteiger partial charge in [-0.1, -0.05) is 0 Å². The molecule has 1 atom stereocenters. The van der Waals surface area contributed by atoms with E-state index in [2.05, 4.69) is 23.3 Å². The molecule has 1 aliphatic rings. The second-order valence-corrected chi connectivity index (χ2v) is 4.66. The van der Waals surface area contributed by atoms with Crippen LogP contribution in [0, 0.1) is 0 Å². The molecule has 0 saturated carbocycles. The van der Waals surface area contributed by atoms with Crippen LogP contribution in [0.4, 0.5) is 0 Å². The number of hydrogen-bond donors (Lipinski definition) is 1. The second-order valence-electron chi connectivity index (χ2n) is 4.66. The standard InChI is InChI=1S/C14H22N2O2/c1-16-8-4-7-15-10-13(16)12-9-11(17-2)5-6-14(12)18-3/h5-6,9,13,15H,4,7-8,10H2,1-3H3. The third-order valence-electron chi connectivity index (χ3n) is 3.53. The van der Waals surface area contributed by atoms with Crippen molar-refractivity contribution in [3.63, 3.8) is 0 Å². The Kier molecular flexibility index (Phi) is 4.44. The molecule has 0 amide bonds. The quantitative estimate of drug-likeness (QED) is 0.885. The number of benzene rings is 1. The van der Waals surface area contributed by atoms with Gasteiger partial charge in [-0.2, -0.15) is 0 Å². The minimum atomic E-state index is 0.331. The molecule has 4 nitrogen and oxygen atoms in total. The van der Waals surface area contributed by atoms with Crippen LogP contribution in [0.3, 0.4) is 0 Å². The van der Waals surface area contributed by atoms with Crippen LogP contribution < -0.4 is 14.8 Å². The third kappa shape index (κ3) is 2.76. The van der Waals surface area contributed by atoms with Crippen molar-refractivity contribution in [1.82, 2.24) is 10.2 Å². The Morgan fingerprint density at radius 1 is 1.28 bits per heavy atom. The third-order valence-corrected chi connectivity index (χ3v) is 3.53. The van der Waals surface area contributed by atoms with Crippen LogP contribution in [-0.2, 0) is 0 Å². The summed E-state index contributed by atoms with van der Waals surface area (Å²) in [5, 5.41) is 3.48. The zero-order chi connectivity index (χ0) is 13.0. The Bertz CT molecular complexity index is 395. The van der Waals surface area contributed by atoms with Gasteiger partial charge in [0.05, 0.1) is 20.3 Å². The molecule has 1 aromatic rings. The van der Waals surface area contributed by atoms with Gasteiger partial charge in [0, 0.05) is 12.1 Å². The van der Waals surface area contributed by atoms with Crippen molar-refractivity contribution in [1.29, 1.82) is 0 Å². The molecule has 1 aromatic carbocycles. The Hall–Kier alpha value is -1.26. The average Bonchev–Trinajstić information content (AvgIpc) is 2.62. The lowest BCUT2D eigenvalue weighted by Gasteiger charge is -2.27. The van der Waals surface area contributed by atoms with E-state index in [0.29, 0.717) is 6.04 Å². The minimum Gasteiger partial charge on any atom is -0.497 e. The van der Waals surface area contributed by atoms with Crippen LogP contribution in [-0.4, -0.2) is 45.8 Å². The van der Waals surface area contributed by atoms with Crippen molar-refractivity contribution >= 4 is 0 Å². The molecule has 0 aromatic heterocycles. The summed E-state index contributed by atoms with van der Waals surface area (Å²) in [4.78, 5) is 2.37. The van der Waals surface area contributed by atoms with E-state index in [1.54, 1.807) is 14.2 Å². The van der Waals surface area contributed by atoms with E-state index in [9.17, 15) is 0 Å². The largest absolute Gasteiger partial charge is 0.497 e. The van der Waals surface area contributed by atoms with Crippen molar-refractivity contribution in [3.05, 3.63) is 23.8 Å². The summed E-state index contributed by atoms with van der Waals surface area (Å²) in [5.74, 6) is 1.81. The van der Waals surface area contributed by atoms with Gasteiger partial charge in [-0.05, 0) is 44.8 Å². The van der Waals surface area contributed by atoms with E-state index in [-0.39, 0.29) is 0 Å². The Morgan fingerprint density at radius 2 is 2.11 bits per heavy atom. The van der Waals surface area contributed by atoms with E-state index in [1.807, 2.05) is 12.1 Å². The van der Waals surface area contributed by atoms with Gasteiger partial charge < -0.3 is 14.8 Å². The fourth-order valence-corrected chi connectivity index (χ4v) is 2.45. The maximum atomic E-state index is 5.48. The Balaban J connectivity index is 2.33. The van der Waals surface area contributed by atoms with Gasteiger partial charge in [-0.25, -0.2) is 0 Å². The van der Waals surface area contributed by atoms with Crippen LogP contribution >= 0.6 is 0 Å². The molecule has 1 N–H and O–H groups in total. The first-order valence-corrected chi connectivity index (χ1v) is 6.39. The number of hydrogen-bond acceptors (Lipinski definition) is 4. The highest BCUT2D eigenvalue weighted by atomic mass is 16.5. The van der Waals surface area contributed by atoms with Crippen molar-refractivity contribution < 1.29 is 9.47 Å². The first kappa shape index (κ1) is 13.2. The van der Waals surface area contributed by atoms with E-state index < -0.39 is 0 Å². The van der Waals surface area contributed by atoms with Crippen LogP contribution in [0.15, 0.2) is 18.2 Å². The predicted molar refractivity (Wildman–Crippen MR) is 72.4 cm³/mol. The maximum Gasteiger partial charge on any atom is 0.123 e. The SMILES string of the molecule is COc1ccc(OC)c(C2CNCCCN2C)c1. The van der Waals surface area contributed by atoms with Crippen LogP contribution in [0.2, 0.25) is 0 Å². The highest BCUT2D eigenvalue weighted by Crippen LogP contribution is 2.32. The molecule has 1 fully saturated rings. The smallest absolute Gasteiger partial charge is 0.123 e. The first-order chi connectivity index (χ1) is 8.76. The number of methoxy groups -OCH3 is 2. The number of rotatable bonds is 3. The fourth-order valence-electron chi connectivity index (χ4n) is 2.45. The predicted octanol–water partition coefficient (Wildman–Crippen LogP) is 1.67. The number of likely N-dealkylation sites (N-methyl/N-ethyl adjacent to an activating group) is 1. The summed E-state index contributed by atoms with van der Waals surface area (Å²) < 4.78 is 10.8. The lowest BCUT2D eigenvalue weighted by atomic mass is 10.0. The summed E-state index contributed by atoms with van der Waals surface area (Å²) in [6.07, 6.45) is 1.18. The molecule has 0 radical (unpaired) electrons. The van der Waals surface area contributed by atoms with Gasteiger partial charge >= 0.3 is 0 Å². The Labute approximate surface area is 109 Å². The van der Waals surface area contributed by atoms with E-state index in [0.717, 1.165) is 31.1 Å². The van der Waals surface area contributed by atoms with E-state index in [4.69, 9.17) is 9.47 Å². The van der Waals surface area contributed by atoms with Crippen LogP contribution in [0.5, 0.6) is 11.5 Å². The first-order valence-electron chi connectivity index (χ1n) is 6.39. The lowest BCUT2D eigenvalue weighted by molar-refractivity contribution is 0.254. The maximum absolute atomic E-state index is 5.48. The topological polar surface area (TPSA) is 33.7 Å². The van der Waals surface area contributed by atoms with Gasteiger partial charge in [0.15, 0.2) is 0 Å². The summed E-state index contributed by atoms with van der Waals surface area (Å²) in [6, 6.07) is 6.32. The number of ether oxygens (including phenoxy) is 2. The van der Waals surface area contributed by atoms with Gasteiger partial charge in [-0.3, -0.25) is 4.90 Å². The molecular weight excluding hydrogens is 228 g/mol. The summed E-state index contributed by atoms with van der Waals surface area (Å²) in [7, 11) is 5.58. The molecule has 0 aliphatic carbocycles. The Morgan fingerprint density at radius 3 is 2.83 bits per heavy atom. The molecule has 0 spiro atoms.